The Labute approximate surface area is 118 Å². The van der Waals surface area contributed by atoms with E-state index in [0.717, 1.165) is 33.8 Å². The molecular formula is C15H11BrF2O. The highest BCUT2D eigenvalue weighted by Crippen LogP contribution is 2.24. The highest BCUT2D eigenvalue weighted by molar-refractivity contribution is 9.10. The second kappa shape index (κ2) is 5.21. The van der Waals surface area contributed by atoms with Crippen molar-refractivity contribution in [2.45, 2.75) is 13.8 Å². The molecule has 0 saturated carbocycles. The first-order valence-corrected chi connectivity index (χ1v) is 6.45. The first-order chi connectivity index (χ1) is 8.88. The Bertz CT molecular complexity index is 622. The van der Waals surface area contributed by atoms with Gasteiger partial charge in [0.1, 0.15) is 11.6 Å². The SMILES string of the molecule is Cc1cc(C(=O)c2cc(F)cc(F)c2)cc(C)c1Br. The van der Waals surface area contributed by atoms with Crippen molar-refractivity contribution in [2.75, 3.05) is 0 Å². The highest BCUT2D eigenvalue weighted by Gasteiger charge is 2.14. The van der Waals surface area contributed by atoms with Crippen molar-refractivity contribution in [1.29, 1.82) is 0 Å². The number of aryl methyl sites for hydroxylation is 2. The van der Waals surface area contributed by atoms with Gasteiger partial charge in [-0.05, 0) is 49.2 Å². The van der Waals surface area contributed by atoms with Crippen LogP contribution in [-0.4, -0.2) is 5.78 Å². The summed E-state index contributed by atoms with van der Waals surface area (Å²) in [5.41, 5.74) is 2.24. The minimum absolute atomic E-state index is 0.0126. The lowest BCUT2D eigenvalue weighted by atomic mass is 9.99. The van der Waals surface area contributed by atoms with Gasteiger partial charge in [0, 0.05) is 21.7 Å². The van der Waals surface area contributed by atoms with Crippen LogP contribution in [0.25, 0.3) is 0 Å². The molecule has 0 aliphatic rings. The van der Waals surface area contributed by atoms with Crippen LogP contribution in [0.1, 0.15) is 27.0 Å². The summed E-state index contributed by atoms with van der Waals surface area (Å²) < 4.78 is 27.2. The molecule has 2 aromatic rings. The van der Waals surface area contributed by atoms with Crippen LogP contribution in [0.2, 0.25) is 0 Å². The number of carbonyl (C=O) groups is 1. The maximum Gasteiger partial charge on any atom is 0.193 e. The zero-order chi connectivity index (χ0) is 14.2. The van der Waals surface area contributed by atoms with Crippen LogP contribution in [0.4, 0.5) is 8.78 Å². The van der Waals surface area contributed by atoms with E-state index in [0.29, 0.717) is 5.56 Å². The van der Waals surface area contributed by atoms with Crippen molar-refractivity contribution < 1.29 is 13.6 Å². The standard InChI is InChI=1S/C15H11BrF2O/c1-8-3-10(4-9(2)14(8)16)15(19)11-5-12(17)7-13(18)6-11/h3-7H,1-2H3. The lowest BCUT2D eigenvalue weighted by molar-refractivity contribution is 0.103. The molecule has 2 aromatic carbocycles. The first-order valence-electron chi connectivity index (χ1n) is 5.66. The molecule has 0 radical (unpaired) electrons. The number of halogens is 3. The summed E-state index contributed by atoms with van der Waals surface area (Å²) in [7, 11) is 0. The fourth-order valence-electron chi connectivity index (χ4n) is 1.93. The van der Waals surface area contributed by atoms with E-state index in [1.54, 1.807) is 12.1 Å². The fraction of sp³-hybridized carbons (Fsp3) is 0.133. The topological polar surface area (TPSA) is 17.1 Å². The van der Waals surface area contributed by atoms with E-state index in [1.165, 1.54) is 0 Å². The molecule has 0 aromatic heterocycles. The minimum atomic E-state index is -0.756. The van der Waals surface area contributed by atoms with Gasteiger partial charge < -0.3 is 0 Å². The summed E-state index contributed by atoms with van der Waals surface area (Å²) in [6, 6.07) is 6.22. The summed E-state index contributed by atoms with van der Waals surface area (Å²) in [6.07, 6.45) is 0. The van der Waals surface area contributed by atoms with Gasteiger partial charge in [0.2, 0.25) is 0 Å². The zero-order valence-corrected chi connectivity index (χ0v) is 12.0. The van der Waals surface area contributed by atoms with Crippen molar-refractivity contribution in [1.82, 2.24) is 0 Å². The molecule has 0 fully saturated rings. The second-order valence-corrected chi connectivity index (χ2v) is 5.20. The van der Waals surface area contributed by atoms with Crippen molar-refractivity contribution in [3.8, 4) is 0 Å². The smallest absolute Gasteiger partial charge is 0.193 e. The average molecular weight is 325 g/mol. The van der Waals surface area contributed by atoms with Gasteiger partial charge in [0.15, 0.2) is 5.78 Å². The Balaban J connectivity index is 2.50. The molecule has 0 saturated heterocycles. The van der Waals surface area contributed by atoms with E-state index in [-0.39, 0.29) is 5.56 Å². The molecule has 0 atom stereocenters. The summed E-state index contributed by atoms with van der Waals surface area (Å²) in [6.45, 7) is 3.72. The monoisotopic (exact) mass is 324 g/mol. The molecule has 0 unspecified atom stereocenters. The fourth-order valence-corrected chi connectivity index (χ4v) is 2.16. The molecule has 0 spiro atoms. The average Bonchev–Trinajstić information content (AvgIpc) is 2.33. The van der Waals surface area contributed by atoms with E-state index in [9.17, 15) is 13.6 Å². The van der Waals surface area contributed by atoms with Gasteiger partial charge in [-0.2, -0.15) is 0 Å². The summed E-state index contributed by atoms with van der Waals surface area (Å²) in [4.78, 5) is 12.2. The van der Waals surface area contributed by atoms with Crippen LogP contribution < -0.4 is 0 Å². The molecule has 0 amide bonds. The van der Waals surface area contributed by atoms with E-state index >= 15 is 0 Å². The lowest BCUT2D eigenvalue weighted by Gasteiger charge is -2.07. The predicted octanol–water partition coefficient (Wildman–Crippen LogP) is 4.58. The van der Waals surface area contributed by atoms with Crippen LogP contribution in [0.5, 0.6) is 0 Å². The Hall–Kier alpha value is -1.55. The molecule has 0 bridgehead atoms. The number of hydrogen-bond donors (Lipinski definition) is 0. The molecule has 98 valence electrons. The van der Waals surface area contributed by atoms with E-state index in [1.807, 2.05) is 13.8 Å². The molecule has 4 heteroatoms. The van der Waals surface area contributed by atoms with E-state index in [2.05, 4.69) is 15.9 Å². The third-order valence-electron chi connectivity index (χ3n) is 2.82. The first kappa shape index (κ1) is 13.9. The Morgan fingerprint density at radius 1 is 0.895 bits per heavy atom. The summed E-state index contributed by atoms with van der Waals surface area (Å²) >= 11 is 3.41. The highest BCUT2D eigenvalue weighted by atomic mass is 79.9. The molecule has 2 rings (SSSR count). The van der Waals surface area contributed by atoms with Gasteiger partial charge in [0.25, 0.3) is 0 Å². The number of carbonyl (C=O) groups excluding carboxylic acids is 1. The Morgan fingerprint density at radius 3 is 1.79 bits per heavy atom. The van der Waals surface area contributed by atoms with Gasteiger partial charge in [-0.25, -0.2) is 8.78 Å². The van der Waals surface area contributed by atoms with Crippen molar-refractivity contribution in [2.24, 2.45) is 0 Å². The summed E-state index contributed by atoms with van der Waals surface area (Å²) in [5.74, 6) is -1.90. The number of rotatable bonds is 2. The minimum Gasteiger partial charge on any atom is -0.289 e. The van der Waals surface area contributed by atoms with Crippen LogP contribution in [-0.2, 0) is 0 Å². The number of hydrogen-bond acceptors (Lipinski definition) is 1. The van der Waals surface area contributed by atoms with Crippen molar-refractivity contribution >= 4 is 21.7 Å². The Morgan fingerprint density at radius 2 is 1.32 bits per heavy atom. The van der Waals surface area contributed by atoms with E-state index < -0.39 is 17.4 Å². The number of ketones is 1. The molecular weight excluding hydrogens is 314 g/mol. The normalized spacial score (nSPS) is 10.6. The number of benzene rings is 2. The summed E-state index contributed by atoms with van der Waals surface area (Å²) in [5, 5.41) is 0. The third kappa shape index (κ3) is 2.89. The lowest BCUT2D eigenvalue weighted by Crippen LogP contribution is -2.04. The van der Waals surface area contributed by atoms with Crippen molar-refractivity contribution in [3.05, 3.63) is 68.7 Å². The van der Waals surface area contributed by atoms with Gasteiger partial charge >= 0.3 is 0 Å². The second-order valence-electron chi connectivity index (χ2n) is 4.41. The van der Waals surface area contributed by atoms with Gasteiger partial charge in [0.05, 0.1) is 0 Å². The maximum absolute atomic E-state index is 13.1. The van der Waals surface area contributed by atoms with Crippen LogP contribution >= 0.6 is 15.9 Å². The van der Waals surface area contributed by atoms with Gasteiger partial charge in [-0.15, -0.1) is 0 Å². The molecule has 19 heavy (non-hydrogen) atoms. The molecule has 0 N–H and O–H groups in total. The maximum atomic E-state index is 13.1. The quantitative estimate of drug-likeness (QED) is 0.739. The van der Waals surface area contributed by atoms with Gasteiger partial charge in [-0.1, -0.05) is 15.9 Å². The van der Waals surface area contributed by atoms with E-state index in [4.69, 9.17) is 0 Å². The molecule has 0 aliphatic carbocycles. The predicted molar refractivity (Wildman–Crippen MR) is 73.4 cm³/mol. The zero-order valence-electron chi connectivity index (χ0n) is 10.4. The Kier molecular flexibility index (Phi) is 3.80. The third-order valence-corrected chi connectivity index (χ3v) is 4.07. The molecule has 0 heterocycles. The van der Waals surface area contributed by atoms with Crippen LogP contribution in [0.3, 0.4) is 0 Å². The molecule has 0 aliphatic heterocycles. The van der Waals surface area contributed by atoms with Crippen LogP contribution in [0, 0.1) is 25.5 Å². The largest absolute Gasteiger partial charge is 0.289 e. The van der Waals surface area contributed by atoms with Gasteiger partial charge in [-0.3, -0.25) is 4.79 Å². The van der Waals surface area contributed by atoms with Crippen LogP contribution in [0.15, 0.2) is 34.8 Å². The van der Waals surface area contributed by atoms with Crippen molar-refractivity contribution in [3.63, 3.8) is 0 Å². The molecule has 1 nitrogen and oxygen atoms in total.